The van der Waals surface area contributed by atoms with E-state index in [1.807, 2.05) is 13.8 Å². The molecule has 7 heteroatoms. The molecule has 0 bridgehead atoms. The summed E-state index contributed by atoms with van der Waals surface area (Å²) in [5.74, 6) is 0.0535. The first-order valence-corrected chi connectivity index (χ1v) is 7.38. The molecule has 0 aromatic heterocycles. The number of nitrogens with zero attached hydrogens (tertiary/aromatic N) is 1. The number of piperidine rings is 1. The fourth-order valence-electron chi connectivity index (χ4n) is 1.74. The molecular formula is C10H23ClN2O3S. The van der Waals surface area contributed by atoms with Crippen LogP contribution in [0.1, 0.15) is 26.7 Å². The van der Waals surface area contributed by atoms with E-state index in [2.05, 4.69) is 0 Å². The molecule has 1 rings (SSSR count). The van der Waals surface area contributed by atoms with Crippen molar-refractivity contribution in [3.63, 3.8) is 0 Å². The van der Waals surface area contributed by atoms with Crippen LogP contribution < -0.4 is 5.73 Å². The zero-order chi connectivity index (χ0) is 12.2. The van der Waals surface area contributed by atoms with Crippen molar-refractivity contribution < 1.29 is 13.2 Å². The Bertz CT molecular complexity index is 309. The summed E-state index contributed by atoms with van der Waals surface area (Å²) < 4.78 is 30.6. The van der Waals surface area contributed by atoms with Crippen LogP contribution in [-0.4, -0.2) is 50.3 Å². The van der Waals surface area contributed by atoms with E-state index in [0.29, 0.717) is 13.1 Å². The number of halogens is 1. The van der Waals surface area contributed by atoms with Gasteiger partial charge in [0.15, 0.2) is 0 Å². The van der Waals surface area contributed by atoms with E-state index in [1.54, 1.807) is 0 Å². The molecule has 0 amide bonds. The van der Waals surface area contributed by atoms with Crippen LogP contribution in [0.3, 0.4) is 0 Å². The molecule has 2 N–H and O–H groups in total. The number of ether oxygens (including phenoxy) is 1. The summed E-state index contributed by atoms with van der Waals surface area (Å²) in [5.41, 5.74) is 5.76. The van der Waals surface area contributed by atoms with Crippen LogP contribution in [0.2, 0.25) is 0 Å². The number of hydrogen-bond donors (Lipinski definition) is 1. The molecule has 0 aromatic carbocycles. The van der Waals surface area contributed by atoms with Crippen molar-refractivity contribution >= 4 is 22.4 Å². The highest BCUT2D eigenvalue weighted by atomic mass is 35.5. The van der Waals surface area contributed by atoms with Gasteiger partial charge in [0.1, 0.15) is 0 Å². The van der Waals surface area contributed by atoms with Gasteiger partial charge in [-0.1, -0.05) is 0 Å². The van der Waals surface area contributed by atoms with Crippen LogP contribution in [0.5, 0.6) is 0 Å². The van der Waals surface area contributed by atoms with Crippen molar-refractivity contribution in [3.05, 3.63) is 0 Å². The van der Waals surface area contributed by atoms with Gasteiger partial charge in [0.25, 0.3) is 0 Å². The summed E-state index contributed by atoms with van der Waals surface area (Å²) in [5, 5.41) is 0. The van der Waals surface area contributed by atoms with Gasteiger partial charge in [0.05, 0.1) is 18.5 Å². The summed E-state index contributed by atoms with van der Waals surface area (Å²) in [7, 11) is -3.18. The van der Waals surface area contributed by atoms with Gasteiger partial charge in [-0.3, -0.25) is 0 Å². The lowest BCUT2D eigenvalue weighted by molar-refractivity contribution is 0.0905. The van der Waals surface area contributed by atoms with Crippen LogP contribution >= 0.6 is 12.4 Å². The van der Waals surface area contributed by atoms with Crippen LogP contribution in [0, 0.1) is 0 Å². The van der Waals surface area contributed by atoms with Crippen LogP contribution in [-0.2, 0) is 14.8 Å². The molecule has 1 aliphatic rings. The molecule has 0 radical (unpaired) electrons. The molecule has 5 nitrogen and oxygen atoms in total. The van der Waals surface area contributed by atoms with E-state index < -0.39 is 10.0 Å². The summed E-state index contributed by atoms with van der Waals surface area (Å²) in [6, 6.07) is -0.0189. The maximum atomic E-state index is 11.9. The molecule has 0 saturated carbocycles. The first kappa shape index (κ1) is 17.1. The molecule has 1 saturated heterocycles. The average molecular weight is 287 g/mol. The molecular weight excluding hydrogens is 264 g/mol. The molecule has 0 aromatic rings. The third kappa shape index (κ3) is 6.01. The summed E-state index contributed by atoms with van der Waals surface area (Å²) in [4.78, 5) is 0. The predicted molar refractivity (Wildman–Crippen MR) is 70.9 cm³/mol. The monoisotopic (exact) mass is 286 g/mol. The SMILES string of the molecule is CC(C)OCCS(=O)(=O)N1CCC[C@@H](N)C1.Cl. The van der Waals surface area contributed by atoms with E-state index in [-0.39, 0.29) is 36.9 Å². The van der Waals surface area contributed by atoms with Crippen molar-refractivity contribution in [1.82, 2.24) is 4.31 Å². The predicted octanol–water partition coefficient (Wildman–Crippen LogP) is 0.586. The molecule has 1 fully saturated rings. The molecule has 0 aliphatic carbocycles. The van der Waals surface area contributed by atoms with Gasteiger partial charge in [0, 0.05) is 19.1 Å². The van der Waals surface area contributed by atoms with Crippen LogP contribution in [0.25, 0.3) is 0 Å². The van der Waals surface area contributed by atoms with Crippen molar-refractivity contribution in [2.75, 3.05) is 25.4 Å². The Morgan fingerprint density at radius 3 is 2.65 bits per heavy atom. The maximum Gasteiger partial charge on any atom is 0.216 e. The Hall–Kier alpha value is 0.120. The van der Waals surface area contributed by atoms with Gasteiger partial charge < -0.3 is 10.5 Å². The standard InChI is InChI=1S/C10H22N2O3S.ClH/c1-9(2)15-6-7-16(13,14)12-5-3-4-10(11)8-12;/h9-10H,3-8,11H2,1-2H3;1H/t10-;/m1./s1. The molecule has 0 spiro atoms. The van der Waals surface area contributed by atoms with Gasteiger partial charge in [-0.05, 0) is 26.7 Å². The molecule has 1 heterocycles. The highest BCUT2D eigenvalue weighted by Gasteiger charge is 2.26. The molecule has 1 atom stereocenters. The number of sulfonamides is 1. The third-order valence-corrected chi connectivity index (χ3v) is 4.41. The second-order valence-electron chi connectivity index (χ2n) is 4.50. The van der Waals surface area contributed by atoms with Gasteiger partial charge in [-0.2, -0.15) is 0 Å². The van der Waals surface area contributed by atoms with Gasteiger partial charge >= 0.3 is 0 Å². The Labute approximate surface area is 110 Å². The minimum absolute atomic E-state index is 0. The Morgan fingerprint density at radius 1 is 1.47 bits per heavy atom. The fourth-order valence-corrected chi connectivity index (χ4v) is 3.14. The summed E-state index contributed by atoms with van der Waals surface area (Å²) in [6.45, 7) is 5.08. The van der Waals surface area contributed by atoms with Gasteiger partial charge in [-0.15, -0.1) is 12.4 Å². The van der Waals surface area contributed by atoms with Gasteiger partial charge in [-0.25, -0.2) is 12.7 Å². The summed E-state index contributed by atoms with van der Waals surface area (Å²) >= 11 is 0. The molecule has 0 unspecified atom stereocenters. The topological polar surface area (TPSA) is 72.6 Å². The quantitative estimate of drug-likeness (QED) is 0.803. The molecule has 1 aliphatic heterocycles. The van der Waals surface area contributed by atoms with E-state index in [4.69, 9.17) is 10.5 Å². The third-order valence-electron chi connectivity index (χ3n) is 2.61. The Balaban J connectivity index is 0.00000256. The first-order chi connectivity index (χ1) is 7.42. The zero-order valence-electron chi connectivity index (χ0n) is 10.5. The number of hydrogen-bond acceptors (Lipinski definition) is 4. The minimum Gasteiger partial charge on any atom is -0.378 e. The lowest BCUT2D eigenvalue weighted by atomic mass is 10.1. The number of nitrogens with two attached hydrogens (primary N) is 1. The largest absolute Gasteiger partial charge is 0.378 e. The zero-order valence-corrected chi connectivity index (χ0v) is 12.1. The number of rotatable bonds is 5. The molecule has 17 heavy (non-hydrogen) atoms. The lowest BCUT2D eigenvalue weighted by Crippen LogP contribution is -2.46. The average Bonchev–Trinajstić information content (AvgIpc) is 2.16. The van der Waals surface area contributed by atoms with E-state index >= 15 is 0 Å². The van der Waals surface area contributed by atoms with Crippen molar-refractivity contribution in [2.45, 2.75) is 38.8 Å². The van der Waals surface area contributed by atoms with Crippen LogP contribution in [0.15, 0.2) is 0 Å². The van der Waals surface area contributed by atoms with E-state index in [9.17, 15) is 8.42 Å². The Morgan fingerprint density at radius 2 is 2.12 bits per heavy atom. The highest BCUT2D eigenvalue weighted by molar-refractivity contribution is 7.89. The van der Waals surface area contributed by atoms with Crippen LogP contribution in [0.4, 0.5) is 0 Å². The normalized spacial score (nSPS) is 22.5. The molecule has 104 valence electrons. The smallest absolute Gasteiger partial charge is 0.216 e. The second-order valence-corrected chi connectivity index (χ2v) is 6.58. The van der Waals surface area contributed by atoms with Crippen molar-refractivity contribution in [2.24, 2.45) is 5.73 Å². The second kappa shape index (κ2) is 7.53. The van der Waals surface area contributed by atoms with Crippen molar-refractivity contribution in [3.8, 4) is 0 Å². The van der Waals surface area contributed by atoms with E-state index in [0.717, 1.165) is 12.8 Å². The lowest BCUT2D eigenvalue weighted by Gasteiger charge is -2.29. The summed E-state index contributed by atoms with van der Waals surface area (Å²) in [6.07, 6.45) is 1.83. The maximum absolute atomic E-state index is 11.9. The fraction of sp³-hybridized carbons (Fsp3) is 1.00. The highest BCUT2D eigenvalue weighted by Crippen LogP contribution is 2.13. The first-order valence-electron chi connectivity index (χ1n) is 5.77. The minimum atomic E-state index is -3.18. The van der Waals surface area contributed by atoms with Crippen molar-refractivity contribution in [1.29, 1.82) is 0 Å². The van der Waals surface area contributed by atoms with Gasteiger partial charge in [0.2, 0.25) is 10.0 Å². The van der Waals surface area contributed by atoms with E-state index in [1.165, 1.54) is 4.31 Å². The Kier molecular flexibility index (Phi) is 7.58.